The van der Waals surface area contributed by atoms with Crippen LogP contribution in [0.5, 0.6) is 5.75 Å². The van der Waals surface area contributed by atoms with Gasteiger partial charge in [0.1, 0.15) is 11.8 Å². The fraction of sp³-hybridized carbons (Fsp3) is 0.400. The number of anilines is 1. The third-order valence-electron chi connectivity index (χ3n) is 5.70. The molecule has 0 bridgehead atoms. The van der Waals surface area contributed by atoms with Crippen molar-refractivity contribution in [2.75, 3.05) is 25.5 Å². The maximum atomic E-state index is 12.9. The third-order valence-corrected chi connectivity index (χ3v) is 5.70. The summed E-state index contributed by atoms with van der Waals surface area (Å²) < 4.78 is 5.19. The van der Waals surface area contributed by atoms with Gasteiger partial charge in [-0.15, -0.1) is 0 Å². The molecule has 8 heteroatoms. The van der Waals surface area contributed by atoms with Gasteiger partial charge in [-0.3, -0.25) is 9.59 Å². The summed E-state index contributed by atoms with van der Waals surface area (Å²) in [4.78, 5) is 38.9. The number of aryl methyl sites for hydroxylation is 1. The van der Waals surface area contributed by atoms with Gasteiger partial charge in [0.05, 0.1) is 7.11 Å². The van der Waals surface area contributed by atoms with Crippen LogP contribution >= 0.6 is 0 Å². The van der Waals surface area contributed by atoms with E-state index in [9.17, 15) is 14.4 Å². The monoisotopic (exact) mass is 452 g/mol. The Labute approximate surface area is 194 Å². The summed E-state index contributed by atoms with van der Waals surface area (Å²) in [6.45, 7) is 4.48. The van der Waals surface area contributed by atoms with Crippen molar-refractivity contribution in [3.8, 4) is 5.75 Å². The molecule has 8 nitrogen and oxygen atoms in total. The quantitative estimate of drug-likeness (QED) is 0.601. The van der Waals surface area contributed by atoms with E-state index in [1.54, 1.807) is 18.1 Å². The second kappa shape index (κ2) is 11.4. The summed E-state index contributed by atoms with van der Waals surface area (Å²) in [7, 11) is 1.58. The maximum absolute atomic E-state index is 12.9. The predicted molar refractivity (Wildman–Crippen MR) is 127 cm³/mol. The van der Waals surface area contributed by atoms with Crippen LogP contribution in [0.25, 0.3) is 0 Å². The second-order valence-electron chi connectivity index (χ2n) is 8.37. The molecular weight excluding hydrogens is 420 g/mol. The van der Waals surface area contributed by atoms with E-state index in [2.05, 4.69) is 16.0 Å². The van der Waals surface area contributed by atoms with Gasteiger partial charge in [-0.05, 0) is 37.5 Å². The molecule has 0 spiro atoms. The summed E-state index contributed by atoms with van der Waals surface area (Å²) in [6.07, 6.45) is 1.72. The Morgan fingerprint density at radius 2 is 1.79 bits per heavy atom. The van der Waals surface area contributed by atoms with Crippen molar-refractivity contribution in [3.05, 3.63) is 59.7 Å². The molecule has 0 aliphatic carbocycles. The number of likely N-dealkylation sites (tertiary alicyclic amines) is 1. The SMILES string of the molecule is COc1cccc(NC(=O)N2CCC(NC(=O)[C@H](Cc3ccc(C)cc3)NC(C)=O)CC2)c1. The van der Waals surface area contributed by atoms with E-state index < -0.39 is 6.04 Å². The van der Waals surface area contributed by atoms with Crippen LogP contribution in [0.1, 0.15) is 30.9 Å². The van der Waals surface area contributed by atoms with Crippen molar-refractivity contribution in [1.29, 1.82) is 0 Å². The van der Waals surface area contributed by atoms with Crippen LogP contribution in [0.4, 0.5) is 10.5 Å². The Bertz CT molecular complexity index is 969. The second-order valence-corrected chi connectivity index (χ2v) is 8.37. The van der Waals surface area contributed by atoms with Crippen LogP contribution in [0.15, 0.2) is 48.5 Å². The molecule has 0 unspecified atom stereocenters. The number of benzene rings is 2. The van der Waals surface area contributed by atoms with Crippen LogP contribution in [0, 0.1) is 6.92 Å². The number of piperidine rings is 1. The van der Waals surface area contributed by atoms with Crippen molar-refractivity contribution in [1.82, 2.24) is 15.5 Å². The lowest BCUT2D eigenvalue weighted by Gasteiger charge is -2.33. The molecule has 3 rings (SSSR count). The zero-order valence-corrected chi connectivity index (χ0v) is 19.4. The zero-order valence-electron chi connectivity index (χ0n) is 19.4. The van der Waals surface area contributed by atoms with Crippen LogP contribution in [0.3, 0.4) is 0 Å². The molecule has 2 aromatic rings. The van der Waals surface area contributed by atoms with Crippen molar-refractivity contribution in [2.45, 2.75) is 45.2 Å². The molecule has 1 fully saturated rings. The molecule has 1 heterocycles. The van der Waals surface area contributed by atoms with E-state index >= 15 is 0 Å². The summed E-state index contributed by atoms with van der Waals surface area (Å²) in [5, 5.41) is 8.70. The summed E-state index contributed by atoms with van der Waals surface area (Å²) in [5.74, 6) is 0.227. The number of hydrogen-bond acceptors (Lipinski definition) is 4. The van der Waals surface area contributed by atoms with Crippen molar-refractivity contribution < 1.29 is 19.1 Å². The zero-order chi connectivity index (χ0) is 23.8. The van der Waals surface area contributed by atoms with Crippen LogP contribution < -0.4 is 20.7 Å². The summed E-state index contributed by atoms with van der Waals surface area (Å²) in [5.41, 5.74) is 2.80. The van der Waals surface area contributed by atoms with Gasteiger partial charge in [0, 0.05) is 44.2 Å². The Kier molecular flexibility index (Phi) is 8.29. The predicted octanol–water partition coefficient (Wildman–Crippen LogP) is 2.86. The summed E-state index contributed by atoms with van der Waals surface area (Å²) >= 11 is 0. The average Bonchev–Trinajstić information content (AvgIpc) is 2.80. The third kappa shape index (κ3) is 7.24. The van der Waals surface area contributed by atoms with Crippen molar-refractivity contribution >= 4 is 23.5 Å². The van der Waals surface area contributed by atoms with Gasteiger partial charge in [-0.2, -0.15) is 0 Å². The highest BCUT2D eigenvalue weighted by atomic mass is 16.5. The molecule has 0 aromatic heterocycles. The number of urea groups is 1. The highest BCUT2D eigenvalue weighted by Crippen LogP contribution is 2.18. The number of rotatable bonds is 7. The molecule has 1 saturated heterocycles. The molecule has 4 amide bonds. The number of carbonyl (C=O) groups excluding carboxylic acids is 3. The van der Waals surface area contributed by atoms with Gasteiger partial charge in [0.2, 0.25) is 11.8 Å². The molecular formula is C25H32N4O4. The summed E-state index contributed by atoms with van der Waals surface area (Å²) in [6, 6.07) is 14.3. The minimum absolute atomic E-state index is 0.0485. The molecule has 0 saturated carbocycles. The minimum atomic E-state index is -0.639. The smallest absolute Gasteiger partial charge is 0.321 e. The first-order valence-electron chi connectivity index (χ1n) is 11.2. The Morgan fingerprint density at radius 1 is 1.09 bits per heavy atom. The van der Waals surface area contributed by atoms with Gasteiger partial charge in [-0.25, -0.2) is 4.79 Å². The number of ether oxygens (including phenoxy) is 1. The topological polar surface area (TPSA) is 99.8 Å². The highest BCUT2D eigenvalue weighted by Gasteiger charge is 2.27. The fourth-order valence-electron chi connectivity index (χ4n) is 3.85. The van der Waals surface area contributed by atoms with Gasteiger partial charge in [0.25, 0.3) is 0 Å². The average molecular weight is 453 g/mol. The molecule has 3 N–H and O–H groups in total. The minimum Gasteiger partial charge on any atom is -0.497 e. The van der Waals surface area contributed by atoms with E-state index in [0.717, 1.165) is 11.1 Å². The Balaban J connectivity index is 1.51. The van der Waals surface area contributed by atoms with E-state index in [0.29, 0.717) is 43.8 Å². The van der Waals surface area contributed by atoms with Crippen LogP contribution in [0.2, 0.25) is 0 Å². The molecule has 0 radical (unpaired) electrons. The van der Waals surface area contributed by atoms with Gasteiger partial charge in [-0.1, -0.05) is 35.9 Å². The first-order valence-corrected chi connectivity index (χ1v) is 11.2. The van der Waals surface area contributed by atoms with Crippen molar-refractivity contribution in [3.63, 3.8) is 0 Å². The van der Waals surface area contributed by atoms with Crippen molar-refractivity contribution in [2.24, 2.45) is 0 Å². The highest BCUT2D eigenvalue weighted by molar-refractivity contribution is 5.90. The van der Waals surface area contributed by atoms with Gasteiger partial charge < -0.3 is 25.6 Å². The Morgan fingerprint density at radius 3 is 2.42 bits per heavy atom. The number of methoxy groups -OCH3 is 1. The van der Waals surface area contributed by atoms with Gasteiger partial charge >= 0.3 is 6.03 Å². The molecule has 1 aliphatic heterocycles. The fourth-order valence-corrected chi connectivity index (χ4v) is 3.85. The number of carbonyl (C=O) groups is 3. The van der Waals surface area contributed by atoms with Crippen LogP contribution in [-0.4, -0.2) is 55.0 Å². The molecule has 1 aliphatic rings. The molecule has 2 aromatic carbocycles. The number of nitrogens with zero attached hydrogens (tertiary/aromatic N) is 1. The van der Waals surface area contributed by atoms with Crippen LogP contribution in [-0.2, 0) is 16.0 Å². The van der Waals surface area contributed by atoms with E-state index in [1.807, 2.05) is 49.4 Å². The normalized spacial score (nSPS) is 14.8. The number of amides is 4. The molecule has 176 valence electrons. The van der Waals surface area contributed by atoms with E-state index in [-0.39, 0.29) is 23.9 Å². The first-order chi connectivity index (χ1) is 15.8. The standard InChI is InChI=1S/C25H32N4O4/c1-17-7-9-19(10-8-17)15-23(26-18(2)30)24(31)27-20-11-13-29(14-12-20)25(32)28-21-5-4-6-22(16-21)33-3/h4-10,16,20,23H,11-15H2,1-3H3,(H,26,30)(H,27,31)(H,28,32)/t23-/m0/s1. The van der Waals surface area contributed by atoms with Gasteiger partial charge in [0.15, 0.2) is 0 Å². The number of nitrogens with one attached hydrogen (secondary N) is 3. The molecule has 1 atom stereocenters. The lowest BCUT2D eigenvalue weighted by atomic mass is 10.0. The van der Waals surface area contributed by atoms with E-state index in [4.69, 9.17) is 4.74 Å². The molecule has 33 heavy (non-hydrogen) atoms. The Hall–Kier alpha value is -3.55. The maximum Gasteiger partial charge on any atom is 0.321 e. The first kappa shape index (κ1) is 24.1. The van der Waals surface area contributed by atoms with E-state index in [1.165, 1.54) is 6.92 Å². The number of hydrogen-bond donors (Lipinski definition) is 3. The lowest BCUT2D eigenvalue weighted by Crippen LogP contribution is -2.53. The largest absolute Gasteiger partial charge is 0.497 e. The lowest BCUT2D eigenvalue weighted by molar-refractivity contribution is -0.128.